The summed E-state index contributed by atoms with van der Waals surface area (Å²) in [6.45, 7) is 4.91. The highest BCUT2D eigenvalue weighted by Crippen LogP contribution is 2.39. The first kappa shape index (κ1) is 4.80. The van der Waals surface area contributed by atoms with Crippen molar-refractivity contribution in [3.63, 3.8) is 0 Å². The summed E-state index contributed by atoms with van der Waals surface area (Å²) < 4.78 is 0. The molecule has 2 atom stereocenters. The van der Waals surface area contributed by atoms with Crippen molar-refractivity contribution in [2.45, 2.75) is 31.3 Å². The van der Waals surface area contributed by atoms with Crippen molar-refractivity contribution in [1.29, 1.82) is 0 Å². The van der Waals surface area contributed by atoms with Crippen LogP contribution < -0.4 is 0 Å². The van der Waals surface area contributed by atoms with Gasteiger partial charge in [0.15, 0.2) is 0 Å². The van der Waals surface area contributed by atoms with Crippen LogP contribution in [0.25, 0.3) is 0 Å². The van der Waals surface area contributed by atoms with Crippen molar-refractivity contribution in [3.05, 3.63) is 6.92 Å². The minimum absolute atomic E-state index is 0.942. The fourth-order valence-corrected chi connectivity index (χ4v) is 2.06. The van der Waals surface area contributed by atoms with Gasteiger partial charge in [0.2, 0.25) is 0 Å². The molecule has 2 bridgehead atoms. The van der Waals surface area contributed by atoms with Crippen LogP contribution >= 0.6 is 0 Å². The van der Waals surface area contributed by atoms with E-state index in [1.165, 1.54) is 19.3 Å². The molecule has 0 spiro atoms. The third kappa shape index (κ3) is 0.408. The number of fused-ring (bicyclic) bond motifs is 1. The highest BCUT2D eigenvalue weighted by Gasteiger charge is 2.42. The molecule has 3 aliphatic rings. The van der Waals surface area contributed by atoms with Crippen LogP contribution in [0.2, 0.25) is 0 Å². The lowest BCUT2D eigenvalue weighted by Crippen LogP contribution is -2.47. The molecule has 0 aromatic carbocycles. The van der Waals surface area contributed by atoms with Crippen molar-refractivity contribution in [2.75, 3.05) is 6.54 Å². The molecular formula is C7H12N. The molecule has 2 heterocycles. The smallest absolute Gasteiger partial charge is 0.0114 e. The van der Waals surface area contributed by atoms with Gasteiger partial charge in [-0.15, -0.1) is 0 Å². The average molecular weight is 110 g/mol. The van der Waals surface area contributed by atoms with Crippen molar-refractivity contribution >= 4 is 0 Å². The molecule has 2 saturated heterocycles. The topological polar surface area (TPSA) is 3.24 Å². The largest absolute Gasteiger partial charge is 0.297 e. The van der Waals surface area contributed by atoms with Crippen LogP contribution in [0.1, 0.15) is 19.3 Å². The SMILES string of the molecule is [CH2]CN1C2CCC1C2. The maximum atomic E-state index is 3.87. The lowest BCUT2D eigenvalue weighted by molar-refractivity contribution is 0.0938. The standard InChI is InChI=1S/C7H12N/c1-2-8-6-3-4-7(8)5-6/h6-7H,1-5H2. The monoisotopic (exact) mass is 110 g/mol. The summed E-state index contributed by atoms with van der Waals surface area (Å²) in [4.78, 5) is 2.51. The molecule has 1 aliphatic carbocycles. The molecule has 3 fully saturated rings. The molecule has 3 rings (SSSR count). The Bertz CT molecular complexity index is 86.6. The van der Waals surface area contributed by atoms with Gasteiger partial charge in [-0.3, -0.25) is 4.90 Å². The predicted molar refractivity (Wildman–Crippen MR) is 33.5 cm³/mol. The summed E-state index contributed by atoms with van der Waals surface area (Å²) in [6.07, 6.45) is 4.36. The predicted octanol–water partition coefficient (Wildman–Crippen LogP) is 1.06. The lowest BCUT2D eigenvalue weighted by atomic mass is 10.0. The molecular weight excluding hydrogens is 98.1 g/mol. The quantitative estimate of drug-likeness (QED) is 0.488. The van der Waals surface area contributed by atoms with E-state index in [4.69, 9.17) is 0 Å². The summed E-state index contributed by atoms with van der Waals surface area (Å²) >= 11 is 0. The third-order valence-electron chi connectivity index (χ3n) is 2.57. The molecule has 2 aliphatic heterocycles. The molecule has 2 unspecified atom stereocenters. The minimum Gasteiger partial charge on any atom is -0.297 e. The fourth-order valence-electron chi connectivity index (χ4n) is 2.06. The first-order valence-electron chi connectivity index (χ1n) is 3.47. The number of hydrogen-bond acceptors (Lipinski definition) is 1. The molecule has 1 heteroatoms. The van der Waals surface area contributed by atoms with Crippen LogP contribution in [0.3, 0.4) is 0 Å². The number of nitrogens with zero attached hydrogens (tertiary/aromatic N) is 1. The Kier molecular flexibility index (Phi) is 0.884. The van der Waals surface area contributed by atoms with Crippen molar-refractivity contribution < 1.29 is 0 Å². The van der Waals surface area contributed by atoms with E-state index in [2.05, 4.69) is 11.8 Å². The molecule has 0 aromatic rings. The van der Waals surface area contributed by atoms with E-state index in [9.17, 15) is 0 Å². The normalized spacial score (nSPS) is 44.6. The average Bonchev–Trinajstić information content (AvgIpc) is 2.19. The summed E-state index contributed by atoms with van der Waals surface area (Å²) in [6, 6.07) is 1.88. The summed E-state index contributed by atoms with van der Waals surface area (Å²) in [7, 11) is 0. The molecule has 0 aromatic heterocycles. The molecule has 45 valence electrons. The highest BCUT2D eigenvalue weighted by atomic mass is 15.3. The first-order chi connectivity index (χ1) is 3.92. The maximum Gasteiger partial charge on any atom is 0.0114 e. The lowest BCUT2D eigenvalue weighted by Gasteiger charge is -2.39. The van der Waals surface area contributed by atoms with E-state index in [-0.39, 0.29) is 0 Å². The Morgan fingerprint density at radius 3 is 2.25 bits per heavy atom. The van der Waals surface area contributed by atoms with E-state index < -0.39 is 0 Å². The second-order valence-corrected chi connectivity index (χ2v) is 2.86. The summed E-state index contributed by atoms with van der Waals surface area (Å²) in [5, 5.41) is 0. The minimum atomic E-state index is 0.942. The van der Waals surface area contributed by atoms with Gasteiger partial charge >= 0.3 is 0 Å². The van der Waals surface area contributed by atoms with E-state index in [1.54, 1.807) is 0 Å². The highest BCUT2D eigenvalue weighted by molar-refractivity contribution is 4.99. The van der Waals surface area contributed by atoms with Gasteiger partial charge in [0.05, 0.1) is 0 Å². The van der Waals surface area contributed by atoms with Crippen LogP contribution in [0.4, 0.5) is 0 Å². The van der Waals surface area contributed by atoms with E-state index in [1.807, 2.05) is 0 Å². The molecule has 0 amide bonds. The zero-order valence-electron chi connectivity index (χ0n) is 5.14. The third-order valence-corrected chi connectivity index (χ3v) is 2.57. The van der Waals surface area contributed by atoms with Crippen LogP contribution in [0.15, 0.2) is 0 Å². The van der Waals surface area contributed by atoms with E-state index in [0.717, 1.165) is 18.6 Å². The molecule has 1 saturated carbocycles. The van der Waals surface area contributed by atoms with Gasteiger partial charge < -0.3 is 0 Å². The molecule has 8 heavy (non-hydrogen) atoms. The second kappa shape index (κ2) is 1.47. The van der Waals surface area contributed by atoms with Gasteiger partial charge in [0.25, 0.3) is 0 Å². The zero-order valence-corrected chi connectivity index (χ0v) is 5.14. The van der Waals surface area contributed by atoms with Crippen LogP contribution in [-0.4, -0.2) is 23.5 Å². The van der Waals surface area contributed by atoms with E-state index in [0.29, 0.717) is 0 Å². The molecule has 1 radical (unpaired) electrons. The van der Waals surface area contributed by atoms with Gasteiger partial charge in [0.1, 0.15) is 0 Å². The first-order valence-corrected chi connectivity index (χ1v) is 3.47. The second-order valence-electron chi connectivity index (χ2n) is 2.86. The Labute approximate surface area is 50.7 Å². The van der Waals surface area contributed by atoms with E-state index >= 15 is 0 Å². The van der Waals surface area contributed by atoms with Crippen molar-refractivity contribution in [1.82, 2.24) is 4.90 Å². The van der Waals surface area contributed by atoms with Crippen molar-refractivity contribution in [3.8, 4) is 0 Å². The molecule has 1 nitrogen and oxygen atoms in total. The maximum absolute atomic E-state index is 3.87. The van der Waals surface area contributed by atoms with Gasteiger partial charge in [-0.1, -0.05) is 0 Å². The van der Waals surface area contributed by atoms with Crippen LogP contribution in [0.5, 0.6) is 0 Å². The number of hydrogen-bond donors (Lipinski definition) is 0. The van der Waals surface area contributed by atoms with Gasteiger partial charge in [-0.2, -0.15) is 0 Å². The van der Waals surface area contributed by atoms with Crippen LogP contribution in [0, 0.1) is 6.92 Å². The Morgan fingerprint density at radius 1 is 1.38 bits per heavy atom. The summed E-state index contributed by atoms with van der Waals surface area (Å²) in [5.41, 5.74) is 0. The summed E-state index contributed by atoms with van der Waals surface area (Å²) in [5.74, 6) is 0. The van der Waals surface area contributed by atoms with Gasteiger partial charge in [-0.25, -0.2) is 0 Å². The van der Waals surface area contributed by atoms with Gasteiger partial charge in [0, 0.05) is 12.1 Å². The van der Waals surface area contributed by atoms with Gasteiger partial charge in [-0.05, 0) is 32.7 Å². The zero-order chi connectivity index (χ0) is 5.56. The fraction of sp³-hybridized carbons (Fsp3) is 0.857. The van der Waals surface area contributed by atoms with Crippen molar-refractivity contribution in [2.24, 2.45) is 0 Å². The van der Waals surface area contributed by atoms with Crippen LogP contribution in [-0.2, 0) is 0 Å². The Balaban J connectivity index is 2.02. The molecule has 0 N–H and O–H groups in total. The Hall–Kier alpha value is -0.0400. The number of rotatable bonds is 1. The Morgan fingerprint density at radius 2 is 2.00 bits per heavy atom.